The van der Waals surface area contributed by atoms with Gasteiger partial charge >= 0.3 is 0 Å². The highest BCUT2D eigenvalue weighted by molar-refractivity contribution is 5.94. The van der Waals surface area contributed by atoms with E-state index in [0.29, 0.717) is 12.0 Å². The lowest BCUT2D eigenvalue weighted by Gasteiger charge is -2.33. The van der Waals surface area contributed by atoms with E-state index in [-0.39, 0.29) is 5.78 Å². The van der Waals surface area contributed by atoms with Crippen LogP contribution in [-0.2, 0) is 0 Å². The van der Waals surface area contributed by atoms with Gasteiger partial charge in [0.05, 0.1) is 12.2 Å². The van der Waals surface area contributed by atoms with Crippen LogP contribution in [0.25, 0.3) is 0 Å². The smallest absolute Gasteiger partial charge is 0.159 e. The van der Waals surface area contributed by atoms with Gasteiger partial charge in [0.25, 0.3) is 0 Å². The van der Waals surface area contributed by atoms with Crippen molar-refractivity contribution in [3.05, 3.63) is 47.8 Å². The lowest BCUT2D eigenvalue weighted by Crippen LogP contribution is -2.34. The average Bonchev–Trinajstić information content (AvgIpc) is 3.14. The van der Waals surface area contributed by atoms with E-state index in [4.69, 9.17) is 0 Å². The Kier molecular flexibility index (Phi) is 6.80. The van der Waals surface area contributed by atoms with Crippen LogP contribution in [0.15, 0.2) is 36.7 Å². The highest BCUT2D eigenvalue weighted by atomic mass is 16.1. The number of nitrogens with zero attached hydrogens (tertiary/aromatic N) is 3. The van der Waals surface area contributed by atoms with Crippen LogP contribution in [0.5, 0.6) is 0 Å². The predicted molar refractivity (Wildman–Crippen MR) is 105 cm³/mol. The molecular formula is C21H31N3O. The van der Waals surface area contributed by atoms with Crippen LogP contribution in [0.3, 0.4) is 0 Å². The minimum absolute atomic E-state index is 0.120. The number of rotatable bonds is 4. The van der Waals surface area contributed by atoms with Crippen molar-refractivity contribution in [1.82, 2.24) is 9.78 Å². The molecular weight excluding hydrogens is 310 g/mol. The largest absolute Gasteiger partial charge is 0.371 e. The van der Waals surface area contributed by atoms with Gasteiger partial charge < -0.3 is 4.90 Å². The fourth-order valence-electron chi connectivity index (χ4n) is 3.15. The zero-order chi connectivity index (χ0) is 18.4. The zero-order valence-corrected chi connectivity index (χ0v) is 16.2. The van der Waals surface area contributed by atoms with E-state index in [1.54, 1.807) is 6.92 Å². The SMILES string of the molecule is CC.CC(=O)c1ccc(N2CCC(n3cc(C(C)C)cn3)CC2)cc1. The van der Waals surface area contributed by atoms with Crippen LogP contribution in [0, 0.1) is 0 Å². The molecule has 1 saturated heterocycles. The summed E-state index contributed by atoms with van der Waals surface area (Å²) >= 11 is 0. The van der Waals surface area contributed by atoms with Crippen LogP contribution in [0.4, 0.5) is 5.69 Å². The Morgan fingerprint density at radius 2 is 1.72 bits per heavy atom. The van der Waals surface area contributed by atoms with Crippen LogP contribution >= 0.6 is 0 Å². The maximum atomic E-state index is 11.4. The minimum atomic E-state index is 0.120. The molecule has 3 rings (SSSR count). The van der Waals surface area contributed by atoms with E-state index in [0.717, 1.165) is 31.5 Å². The molecule has 0 aliphatic carbocycles. The summed E-state index contributed by atoms with van der Waals surface area (Å²) in [5.74, 6) is 0.651. The third kappa shape index (κ3) is 4.71. The van der Waals surface area contributed by atoms with E-state index in [2.05, 4.69) is 46.9 Å². The van der Waals surface area contributed by atoms with E-state index >= 15 is 0 Å². The molecule has 0 atom stereocenters. The lowest BCUT2D eigenvalue weighted by atomic mass is 10.0. The van der Waals surface area contributed by atoms with Gasteiger partial charge in [-0.3, -0.25) is 9.48 Å². The van der Waals surface area contributed by atoms with Gasteiger partial charge in [0.15, 0.2) is 5.78 Å². The summed E-state index contributed by atoms with van der Waals surface area (Å²) in [5.41, 5.74) is 3.30. The number of Topliss-reactive ketones (excluding diaryl/α,β-unsaturated/α-hetero) is 1. The van der Waals surface area contributed by atoms with Gasteiger partial charge in [0, 0.05) is 30.5 Å². The van der Waals surface area contributed by atoms with Crippen LogP contribution in [0.1, 0.15) is 75.3 Å². The van der Waals surface area contributed by atoms with Crippen LogP contribution in [-0.4, -0.2) is 28.7 Å². The predicted octanol–water partition coefficient (Wildman–Crippen LogP) is 5.08. The van der Waals surface area contributed by atoms with E-state index in [1.807, 2.05) is 32.2 Å². The van der Waals surface area contributed by atoms with Gasteiger partial charge in [-0.25, -0.2) is 0 Å². The minimum Gasteiger partial charge on any atom is -0.371 e. The molecule has 0 saturated carbocycles. The second kappa shape index (κ2) is 8.84. The van der Waals surface area contributed by atoms with Crippen molar-refractivity contribution in [3.63, 3.8) is 0 Å². The Labute approximate surface area is 151 Å². The van der Waals surface area contributed by atoms with Gasteiger partial charge in [0.2, 0.25) is 0 Å². The normalized spacial score (nSPS) is 15.0. The highest BCUT2D eigenvalue weighted by Crippen LogP contribution is 2.27. The fraction of sp³-hybridized carbons (Fsp3) is 0.524. The molecule has 1 aromatic heterocycles. The summed E-state index contributed by atoms with van der Waals surface area (Å²) in [6.45, 7) is 12.1. The standard InChI is InChI=1S/C19H25N3O.C2H6/c1-14(2)17-12-20-22(13-17)19-8-10-21(11-9-19)18-6-4-16(5-7-18)15(3)23;1-2/h4-7,12-14,19H,8-11H2,1-3H3;1-2H3. The highest BCUT2D eigenvalue weighted by Gasteiger charge is 2.21. The molecule has 25 heavy (non-hydrogen) atoms. The third-order valence-corrected chi connectivity index (χ3v) is 4.77. The van der Waals surface area contributed by atoms with Crippen molar-refractivity contribution >= 4 is 11.5 Å². The first kappa shape index (κ1) is 19.2. The molecule has 1 aliphatic rings. The first-order valence-electron chi connectivity index (χ1n) is 9.44. The van der Waals surface area contributed by atoms with Gasteiger partial charge in [0.1, 0.15) is 0 Å². The van der Waals surface area contributed by atoms with Gasteiger partial charge in [-0.1, -0.05) is 27.7 Å². The Morgan fingerprint density at radius 3 is 2.20 bits per heavy atom. The molecule has 136 valence electrons. The summed E-state index contributed by atoms with van der Waals surface area (Å²) in [4.78, 5) is 13.8. The number of hydrogen-bond acceptors (Lipinski definition) is 3. The average molecular weight is 341 g/mol. The molecule has 0 amide bonds. The monoisotopic (exact) mass is 341 g/mol. The Hall–Kier alpha value is -2.10. The second-order valence-electron chi connectivity index (χ2n) is 6.73. The summed E-state index contributed by atoms with van der Waals surface area (Å²) in [7, 11) is 0. The number of anilines is 1. The first-order chi connectivity index (χ1) is 12.0. The quantitative estimate of drug-likeness (QED) is 0.728. The summed E-state index contributed by atoms with van der Waals surface area (Å²) in [6, 6.07) is 8.46. The molecule has 4 heteroatoms. The number of carbonyl (C=O) groups excluding carboxylic acids is 1. The second-order valence-corrected chi connectivity index (χ2v) is 6.73. The molecule has 0 spiro atoms. The van der Waals surface area contributed by atoms with Gasteiger partial charge in [-0.2, -0.15) is 5.10 Å². The molecule has 0 bridgehead atoms. The van der Waals surface area contributed by atoms with Crippen molar-refractivity contribution in [2.75, 3.05) is 18.0 Å². The number of aromatic nitrogens is 2. The van der Waals surface area contributed by atoms with Crippen molar-refractivity contribution in [2.45, 2.75) is 59.4 Å². The summed E-state index contributed by atoms with van der Waals surface area (Å²) < 4.78 is 2.14. The topological polar surface area (TPSA) is 38.1 Å². The van der Waals surface area contributed by atoms with Crippen molar-refractivity contribution in [3.8, 4) is 0 Å². The fourth-order valence-corrected chi connectivity index (χ4v) is 3.15. The molecule has 0 N–H and O–H groups in total. The molecule has 0 unspecified atom stereocenters. The molecule has 1 aromatic carbocycles. The number of carbonyl (C=O) groups is 1. The lowest BCUT2D eigenvalue weighted by molar-refractivity contribution is 0.101. The molecule has 2 heterocycles. The summed E-state index contributed by atoms with van der Waals surface area (Å²) in [6.07, 6.45) is 6.41. The van der Waals surface area contributed by atoms with Crippen molar-refractivity contribution in [1.29, 1.82) is 0 Å². The number of piperidine rings is 1. The Bertz CT molecular complexity index is 665. The molecule has 1 fully saturated rings. The van der Waals surface area contributed by atoms with Crippen LogP contribution in [0.2, 0.25) is 0 Å². The van der Waals surface area contributed by atoms with Crippen LogP contribution < -0.4 is 4.90 Å². The number of hydrogen-bond donors (Lipinski definition) is 0. The van der Waals surface area contributed by atoms with Crippen molar-refractivity contribution in [2.24, 2.45) is 0 Å². The Morgan fingerprint density at radius 1 is 1.12 bits per heavy atom. The van der Waals surface area contributed by atoms with E-state index < -0.39 is 0 Å². The van der Waals surface area contributed by atoms with E-state index in [9.17, 15) is 4.79 Å². The molecule has 0 radical (unpaired) electrons. The number of benzene rings is 1. The number of ketones is 1. The van der Waals surface area contributed by atoms with Crippen molar-refractivity contribution < 1.29 is 4.79 Å². The summed E-state index contributed by atoms with van der Waals surface area (Å²) in [5, 5.41) is 4.55. The maximum Gasteiger partial charge on any atom is 0.159 e. The first-order valence-corrected chi connectivity index (χ1v) is 9.44. The van der Waals surface area contributed by atoms with Gasteiger partial charge in [-0.05, 0) is 55.5 Å². The van der Waals surface area contributed by atoms with E-state index in [1.165, 1.54) is 11.3 Å². The molecule has 2 aromatic rings. The maximum absolute atomic E-state index is 11.4. The zero-order valence-electron chi connectivity index (χ0n) is 16.2. The Balaban J connectivity index is 0.00000109. The molecule has 1 aliphatic heterocycles. The molecule has 4 nitrogen and oxygen atoms in total. The van der Waals surface area contributed by atoms with Gasteiger partial charge in [-0.15, -0.1) is 0 Å². The third-order valence-electron chi connectivity index (χ3n) is 4.77.